The highest BCUT2D eigenvalue weighted by Gasteiger charge is 2.44. The minimum atomic E-state index is -4.04. The van der Waals surface area contributed by atoms with Crippen LogP contribution in [-0.2, 0) is 24.9 Å². The molecule has 8 nitrogen and oxygen atoms in total. The Bertz CT molecular complexity index is 1160. The van der Waals surface area contributed by atoms with E-state index in [2.05, 4.69) is 33.1 Å². The van der Waals surface area contributed by atoms with Crippen LogP contribution in [0.5, 0.6) is 0 Å². The molecule has 2 aromatic rings. The number of hydrogen-bond donors (Lipinski definition) is 3. The van der Waals surface area contributed by atoms with Crippen molar-refractivity contribution in [2.75, 3.05) is 17.6 Å². The van der Waals surface area contributed by atoms with E-state index in [-0.39, 0.29) is 17.6 Å². The number of benzene rings is 2. The molecule has 0 aliphatic carbocycles. The van der Waals surface area contributed by atoms with E-state index in [1.54, 1.807) is 0 Å². The lowest BCUT2D eigenvalue weighted by atomic mass is 9.81. The number of fused-ring (bicyclic) bond motifs is 1. The first kappa shape index (κ1) is 25.2. The molecule has 1 aliphatic rings. The van der Waals surface area contributed by atoms with Crippen LogP contribution in [0, 0.1) is 0 Å². The smallest absolute Gasteiger partial charge is 0.265 e. The van der Waals surface area contributed by atoms with Crippen molar-refractivity contribution in [3.8, 4) is 0 Å². The molecule has 0 atom stereocenters. The Morgan fingerprint density at radius 3 is 2.61 bits per heavy atom. The standard InChI is InChI=1S/C23H26N2O6S2/c1-23(2)20-17-19(32-31-30-26)12-13-21(20)25(15-8-16-33(27,28)29)22(23)11-6-7-14-24-18-9-4-3-5-10-18/h3-7,9-14,17H,8,15-16H2,1-2H3,(H2,26,27,28,29)/p+1. The van der Waals surface area contributed by atoms with Gasteiger partial charge in [-0.05, 0) is 44.2 Å². The van der Waals surface area contributed by atoms with Crippen LogP contribution in [0.1, 0.15) is 25.8 Å². The highest BCUT2D eigenvalue weighted by atomic mass is 32.2. The molecule has 10 heteroatoms. The van der Waals surface area contributed by atoms with Crippen LogP contribution in [0.3, 0.4) is 0 Å². The Hall–Kier alpha value is -2.47. The van der Waals surface area contributed by atoms with Gasteiger partial charge in [-0.15, -0.1) is 4.33 Å². The van der Waals surface area contributed by atoms with Crippen LogP contribution in [0.4, 0.5) is 11.4 Å². The first-order valence-corrected chi connectivity index (χ1v) is 12.6. The zero-order chi connectivity index (χ0) is 23.9. The van der Waals surface area contributed by atoms with Gasteiger partial charge in [-0.3, -0.25) is 4.55 Å². The van der Waals surface area contributed by atoms with E-state index in [9.17, 15) is 8.42 Å². The predicted octanol–water partition coefficient (Wildman–Crippen LogP) is 4.95. The summed E-state index contributed by atoms with van der Waals surface area (Å²) in [6, 6.07) is 15.5. The summed E-state index contributed by atoms with van der Waals surface area (Å²) in [4.78, 5) is 0.742. The van der Waals surface area contributed by atoms with E-state index < -0.39 is 10.1 Å². The van der Waals surface area contributed by atoms with Crippen LogP contribution in [0.15, 0.2) is 77.9 Å². The van der Waals surface area contributed by atoms with Crippen molar-refractivity contribution in [1.29, 1.82) is 0 Å². The van der Waals surface area contributed by atoms with Crippen molar-refractivity contribution in [2.24, 2.45) is 0 Å². The minimum Gasteiger partial charge on any atom is -0.362 e. The lowest BCUT2D eigenvalue weighted by Gasteiger charge is -2.15. The molecule has 176 valence electrons. The molecule has 0 radical (unpaired) electrons. The summed E-state index contributed by atoms with van der Waals surface area (Å²) < 4.78 is 38.2. The van der Waals surface area contributed by atoms with Gasteiger partial charge in [0.2, 0.25) is 5.69 Å². The van der Waals surface area contributed by atoms with Gasteiger partial charge < -0.3 is 5.32 Å². The van der Waals surface area contributed by atoms with Gasteiger partial charge in [0.1, 0.15) is 6.54 Å². The molecule has 3 rings (SSSR count). The highest BCUT2D eigenvalue weighted by molar-refractivity contribution is 7.94. The molecule has 2 aromatic carbocycles. The number of para-hydroxylation sites is 1. The van der Waals surface area contributed by atoms with Gasteiger partial charge in [0, 0.05) is 40.9 Å². The molecular weight excluding hydrogens is 464 g/mol. The van der Waals surface area contributed by atoms with Gasteiger partial charge >= 0.3 is 0 Å². The predicted molar refractivity (Wildman–Crippen MR) is 129 cm³/mol. The fourth-order valence-corrected chi connectivity index (χ4v) is 4.68. The maximum absolute atomic E-state index is 11.2. The van der Waals surface area contributed by atoms with Gasteiger partial charge in [0.15, 0.2) is 5.71 Å². The molecule has 1 aliphatic heterocycles. The molecular formula is C23H27N2O6S2+. The minimum absolute atomic E-state index is 0.273. The fourth-order valence-electron chi connectivity index (χ4n) is 3.79. The topological polar surface area (TPSA) is 108 Å². The van der Waals surface area contributed by atoms with Crippen molar-refractivity contribution in [1.82, 2.24) is 0 Å². The number of nitrogens with zero attached hydrogens (tertiary/aromatic N) is 1. The Labute approximate surface area is 198 Å². The number of hydrogen-bond acceptors (Lipinski definition) is 7. The second-order valence-corrected chi connectivity index (χ2v) is 10.3. The first-order valence-electron chi connectivity index (χ1n) is 10.3. The van der Waals surface area contributed by atoms with Crippen molar-refractivity contribution < 1.29 is 32.2 Å². The van der Waals surface area contributed by atoms with Crippen LogP contribution < -0.4 is 5.32 Å². The van der Waals surface area contributed by atoms with E-state index in [0.29, 0.717) is 6.54 Å². The summed E-state index contributed by atoms with van der Waals surface area (Å²) in [5.41, 5.74) is 3.54. The fraction of sp³-hybridized carbons (Fsp3) is 0.261. The molecule has 3 N–H and O–H groups in total. The third-order valence-corrected chi connectivity index (χ3v) is 6.67. The van der Waals surface area contributed by atoms with Crippen LogP contribution in [0.25, 0.3) is 0 Å². The number of anilines is 1. The third-order valence-electron chi connectivity index (χ3n) is 5.29. The molecule has 0 aromatic heterocycles. The zero-order valence-corrected chi connectivity index (χ0v) is 20.0. The molecule has 0 saturated heterocycles. The highest BCUT2D eigenvalue weighted by Crippen LogP contribution is 2.42. The Balaban J connectivity index is 1.86. The van der Waals surface area contributed by atoms with Gasteiger partial charge in [0.25, 0.3) is 10.1 Å². The van der Waals surface area contributed by atoms with E-state index in [1.807, 2.05) is 73.0 Å². The monoisotopic (exact) mass is 491 g/mol. The van der Waals surface area contributed by atoms with Gasteiger partial charge in [-0.1, -0.05) is 29.3 Å². The summed E-state index contributed by atoms with van der Waals surface area (Å²) in [5, 5.41) is 15.3. The summed E-state index contributed by atoms with van der Waals surface area (Å²) in [5.74, 6) is -0.313. The molecule has 0 amide bonds. The van der Waals surface area contributed by atoms with E-state index in [4.69, 9.17) is 9.81 Å². The number of nitrogens with one attached hydrogen (secondary N) is 1. The summed E-state index contributed by atoms with van der Waals surface area (Å²) >= 11 is 0.883. The van der Waals surface area contributed by atoms with E-state index in [1.165, 1.54) is 0 Å². The van der Waals surface area contributed by atoms with Crippen molar-refractivity contribution >= 4 is 39.2 Å². The van der Waals surface area contributed by atoms with Crippen molar-refractivity contribution in [2.45, 2.75) is 30.6 Å². The van der Waals surface area contributed by atoms with Gasteiger partial charge in [-0.25, -0.2) is 5.26 Å². The Morgan fingerprint density at radius 1 is 1.15 bits per heavy atom. The molecule has 0 spiro atoms. The van der Waals surface area contributed by atoms with Crippen LogP contribution in [-0.4, -0.2) is 40.8 Å². The molecule has 0 bridgehead atoms. The second-order valence-electron chi connectivity index (χ2n) is 7.93. The average molecular weight is 492 g/mol. The summed E-state index contributed by atoms with van der Waals surface area (Å²) in [6.45, 7) is 4.58. The first-order chi connectivity index (χ1) is 15.7. The SMILES string of the molecule is CC1(C)C(/C=C/C=C/Nc2ccccc2)=[N+](CCCS(=O)(=O)O)c2ccc(SOOO)cc21. The normalized spacial score (nSPS) is 15.5. The zero-order valence-electron chi connectivity index (χ0n) is 18.3. The lowest BCUT2D eigenvalue weighted by Crippen LogP contribution is -2.28. The Morgan fingerprint density at radius 2 is 1.91 bits per heavy atom. The summed E-state index contributed by atoms with van der Waals surface area (Å²) in [7, 11) is -4.04. The average Bonchev–Trinajstić information content (AvgIpc) is 2.98. The lowest BCUT2D eigenvalue weighted by molar-refractivity contribution is -0.437. The molecule has 0 fully saturated rings. The molecule has 1 heterocycles. The third kappa shape index (κ3) is 6.76. The molecule has 33 heavy (non-hydrogen) atoms. The second kappa shape index (κ2) is 11.1. The van der Waals surface area contributed by atoms with Crippen LogP contribution in [0.2, 0.25) is 0 Å². The summed E-state index contributed by atoms with van der Waals surface area (Å²) in [6.07, 6.45) is 7.92. The van der Waals surface area contributed by atoms with Gasteiger partial charge in [0.05, 0.1) is 23.2 Å². The van der Waals surface area contributed by atoms with Crippen molar-refractivity contribution in [3.63, 3.8) is 0 Å². The number of rotatable bonds is 11. The maximum atomic E-state index is 11.2. The van der Waals surface area contributed by atoms with Gasteiger partial charge in [-0.2, -0.15) is 13.0 Å². The molecule has 0 saturated carbocycles. The quantitative estimate of drug-likeness (QED) is 0.101. The van der Waals surface area contributed by atoms with Crippen molar-refractivity contribution in [3.05, 3.63) is 78.5 Å². The van der Waals surface area contributed by atoms with E-state index >= 15 is 0 Å². The number of allylic oxidation sites excluding steroid dienone is 3. The Kier molecular flexibility index (Phi) is 8.46. The van der Waals surface area contributed by atoms with Crippen LogP contribution >= 0.6 is 12.0 Å². The maximum Gasteiger partial charge on any atom is 0.265 e. The molecule has 0 unspecified atom stereocenters. The van der Waals surface area contributed by atoms with E-state index in [0.717, 1.165) is 39.6 Å². The largest absolute Gasteiger partial charge is 0.362 e.